The van der Waals surface area contributed by atoms with E-state index in [1.807, 2.05) is 6.08 Å². The Labute approximate surface area is 237 Å². The van der Waals surface area contributed by atoms with Crippen LogP contribution in [0.25, 0.3) is 0 Å². The summed E-state index contributed by atoms with van der Waals surface area (Å²) >= 11 is 0. The molecule has 0 spiro atoms. The van der Waals surface area contributed by atoms with E-state index >= 15 is 0 Å². The lowest BCUT2D eigenvalue weighted by atomic mass is 9.48. The number of aliphatic hydroxyl groups excluding tert-OH is 1. The van der Waals surface area contributed by atoms with Gasteiger partial charge in [0.05, 0.1) is 12.7 Å². The number of rotatable bonds is 11. The van der Waals surface area contributed by atoms with E-state index in [0.717, 1.165) is 76.4 Å². The largest absolute Gasteiger partial charge is 0.494 e. The van der Waals surface area contributed by atoms with Crippen LogP contribution in [0.5, 0.6) is 5.75 Å². The highest BCUT2D eigenvalue weighted by Gasteiger charge is 2.59. The van der Waals surface area contributed by atoms with E-state index in [1.54, 1.807) is 0 Å². The summed E-state index contributed by atoms with van der Waals surface area (Å²) in [5.41, 5.74) is 2.75. The van der Waals surface area contributed by atoms with Crippen molar-refractivity contribution in [3.63, 3.8) is 0 Å². The van der Waals surface area contributed by atoms with E-state index in [4.69, 9.17) is 4.74 Å². The molecular weight excluding hydrogens is 482 g/mol. The monoisotopic (exact) mass is 535 g/mol. The van der Waals surface area contributed by atoms with Crippen LogP contribution in [0, 0.1) is 35.0 Å². The smallest absolute Gasteiger partial charge is 0.155 e. The van der Waals surface area contributed by atoms with Crippen molar-refractivity contribution in [3.05, 3.63) is 41.5 Å². The Morgan fingerprint density at radius 1 is 1.13 bits per heavy atom. The third kappa shape index (κ3) is 5.75. The predicted molar refractivity (Wildman–Crippen MR) is 159 cm³/mol. The maximum atomic E-state index is 12.1. The Kier molecular flexibility index (Phi) is 9.23. The second-order valence-corrected chi connectivity index (χ2v) is 13.4. The van der Waals surface area contributed by atoms with E-state index in [9.17, 15) is 9.90 Å². The van der Waals surface area contributed by atoms with Crippen LogP contribution in [0.2, 0.25) is 0 Å². The van der Waals surface area contributed by atoms with Crippen LogP contribution < -0.4 is 10.1 Å². The molecule has 0 aromatic heterocycles. The molecule has 4 aliphatic rings. The molecule has 8 atom stereocenters. The topological polar surface area (TPSA) is 58.6 Å². The Morgan fingerprint density at radius 2 is 1.95 bits per heavy atom. The van der Waals surface area contributed by atoms with Gasteiger partial charge in [-0.15, -0.1) is 0 Å². The molecule has 0 aliphatic heterocycles. The zero-order valence-electron chi connectivity index (χ0n) is 25.0. The number of allylic oxidation sites excluding steroid dienone is 1. The molecule has 5 unspecified atom stereocenters. The number of hydrogen-bond donors (Lipinski definition) is 2. The molecule has 0 bridgehead atoms. The van der Waals surface area contributed by atoms with Gasteiger partial charge in [-0.1, -0.05) is 51.8 Å². The summed E-state index contributed by atoms with van der Waals surface area (Å²) < 4.78 is 6.46. The minimum atomic E-state index is -0.214. The number of aliphatic hydroxyl groups is 1. The molecule has 0 saturated heterocycles. The number of hydrogen-bond acceptors (Lipinski definition) is 4. The minimum Gasteiger partial charge on any atom is -0.494 e. The fourth-order valence-corrected chi connectivity index (χ4v) is 9.48. The van der Waals surface area contributed by atoms with Crippen molar-refractivity contribution in [2.75, 3.05) is 6.61 Å². The first kappa shape index (κ1) is 28.9. The van der Waals surface area contributed by atoms with Crippen LogP contribution in [-0.4, -0.2) is 29.6 Å². The van der Waals surface area contributed by atoms with Crippen LogP contribution in [-0.2, 0) is 4.79 Å². The molecule has 3 saturated carbocycles. The molecule has 216 valence electrons. The Hall–Kier alpha value is -1.65. The second-order valence-electron chi connectivity index (χ2n) is 13.4. The Morgan fingerprint density at radius 3 is 2.72 bits per heavy atom. The van der Waals surface area contributed by atoms with Gasteiger partial charge in [-0.3, -0.25) is 4.79 Å². The van der Waals surface area contributed by atoms with Gasteiger partial charge in [-0.05, 0) is 118 Å². The molecule has 4 heteroatoms. The number of ether oxygens (including phenoxy) is 1. The van der Waals surface area contributed by atoms with Crippen LogP contribution in [0.4, 0.5) is 0 Å². The van der Waals surface area contributed by atoms with Gasteiger partial charge in [-0.25, -0.2) is 0 Å². The van der Waals surface area contributed by atoms with E-state index in [-0.39, 0.29) is 11.5 Å². The lowest BCUT2D eigenvalue weighted by Gasteiger charge is -2.56. The highest BCUT2D eigenvalue weighted by atomic mass is 16.5. The molecule has 0 radical (unpaired) electrons. The molecular formula is C35H53NO3. The van der Waals surface area contributed by atoms with Gasteiger partial charge in [0, 0.05) is 23.9 Å². The van der Waals surface area contributed by atoms with E-state index in [2.05, 4.69) is 57.3 Å². The minimum absolute atomic E-state index is 0.0134. The molecule has 4 aliphatic carbocycles. The van der Waals surface area contributed by atoms with Gasteiger partial charge in [0.25, 0.3) is 0 Å². The summed E-state index contributed by atoms with van der Waals surface area (Å²) in [5.74, 6) is 4.42. The van der Waals surface area contributed by atoms with Crippen LogP contribution in [0.1, 0.15) is 116 Å². The van der Waals surface area contributed by atoms with Crippen molar-refractivity contribution < 1.29 is 14.6 Å². The van der Waals surface area contributed by atoms with Gasteiger partial charge in [0.15, 0.2) is 5.78 Å². The summed E-state index contributed by atoms with van der Waals surface area (Å²) in [6.07, 6.45) is 14.5. The van der Waals surface area contributed by atoms with Gasteiger partial charge >= 0.3 is 0 Å². The molecule has 3 fully saturated rings. The Bertz CT molecular complexity index is 1010. The van der Waals surface area contributed by atoms with Crippen molar-refractivity contribution in [1.82, 2.24) is 5.32 Å². The average Bonchev–Trinajstić information content (AvgIpc) is 3.27. The third-order valence-corrected chi connectivity index (χ3v) is 11.4. The van der Waals surface area contributed by atoms with E-state index in [0.29, 0.717) is 54.1 Å². The standard InChI is InChI=1S/C35H53NO3/c1-5-9-32(36-26(6-2)7-3)24-10-8-11-28(22-24)39-19-18-35-17-16-30-29-13-12-27(37)21-25(29)20-23(4)34(30)31(35)14-15-33(35)38/h8,10-11,21-23,26,29-34,36,38H,5-7,9,12-20H2,1-4H3/t23-,29?,30?,31?,32?,33+,34?,35-/m1/s1. The summed E-state index contributed by atoms with van der Waals surface area (Å²) in [6.45, 7) is 9.88. The first-order chi connectivity index (χ1) is 18.9. The highest BCUT2D eigenvalue weighted by Crippen LogP contribution is 2.64. The fraction of sp³-hybridized carbons (Fsp3) is 0.743. The second kappa shape index (κ2) is 12.5. The number of ketones is 1. The number of fused-ring (bicyclic) bond motifs is 5. The summed E-state index contributed by atoms with van der Waals surface area (Å²) in [5, 5.41) is 15.3. The van der Waals surface area contributed by atoms with Gasteiger partial charge in [-0.2, -0.15) is 0 Å². The van der Waals surface area contributed by atoms with Crippen molar-refractivity contribution in [1.29, 1.82) is 0 Å². The van der Waals surface area contributed by atoms with E-state index < -0.39 is 0 Å². The molecule has 2 N–H and O–H groups in total. The molecule has 1 aromatic carbocycles. The first-order valence-corrected chi connectivity index (χ1v) is 16.3. The molecule has 0 heterocycles. The molecule has 1 aromatic rings. The lowest BCUT2D eigenvalue weighted by Crippen LogP contribution is -2.51. The molecule has 4 nitrogen and oxygen atoms in total. The number of carbonyl (C=O) groups is 1. The van der Waals surface area contributed by atoms with Crippen molar-refractivity contribution in [2.24, 2.45) is 35.0 Å². The normalized spacial score (nSPS) is 34.7. The molecule has 5 rings (SSSR count). The van der Waals surface area contributed by atoms with Crippen molar-refractivity contribution in [3.8, 4) is 5.75 Å². The van der Waals surface area contributed by atoms with Gasteiger partial charge in [0.1, 0.15) is 5.75 Å². The third-order valence-electron chi connectivity index (χ3n) is 11.4. The lowest BCUT2D eigenvalue weighted by molar-refractivity contribution is -0.117. The highest BCUT2D eigenvalue weighted by molar-refractivity contribution is 5.91. The van der Waals surface area contributed by atoms with Crippen LogP contribution in [0.3, 0.4) is 0 Å². The summed E-state index contributed by atoms with van der Waals surface area (Å²) in [6, 6.07) is 9.63. The fourth-order valence-electron chi connectivity index (χ4n) is 9.48. The average molecular weight is 536 g/mol. The Balaban J connectivity index is 1.27. The first-order valence-electron chi connectivity index (χ1n) is 16.3. The van der Waals surface area contributed by atoms with Crippen LogP contribution in [0.15, 0.2) is 35.9 Å². The quantitative estimate of drug-likeness (QED) is 0.303. The number of nitrogens with one attached hydrogen (secondary N) is 1. The SMILES string of the molecule is CCCC(NC(CC)CC)c1cccc(OCC[C@]23CCC4C5CCC(=O)C=C5C[C@@H](C)C4C2CC[C@@H]3O)c1. The number of carbonyl (C=O) groups excluding carboxylic acids is 1. The summed E-state index contributed by atoms with van der Waals surface area (Å²) in [7, 11) is 0. The van der Waals surface area contributed by atoms with Crippen molar-refractivity contribution >= 4 is 5.78 Å². The maximum Gasteiger partial charge on any atom is 0.155 e. The van der Waals surface area contributed by atoms with Crippen LogP contribution >= 0.6 is 0 Å². The zero-order valence-corrected chi connectivity index (χ0v) is 25.0. The predicted octanol–water partition coefficient (Wildman–Crippen LogP) is 7.80. The van der Waals surface area contributed by atoms with Crippen molar-refractivity contribution in [2.45, 2.75) is 123 Å². The molecule has 0 amide bonds. The maximum absolute atomic E-state index is 12.1. The summed E-state index contributed by atoms with van der Waals surface area (Å²) in [4.78, 5) is 12.1. The zero-order chi connectivity index (χ0) is 27.6. The number of benzene rings is 1. The van der Waals surface area contributed by atoms with Gasteiger partial charge in [0.2, 0.25) is 0 Å². The van der Waals surface area contributed by atoms with E-state index in [1.165, 1.54) is 17.6 Å². The molecule has 39 heavy (non-hydrogen) atoms. The van der Waals surface area contributed by atoms with Gasteiger partial charge < -0.3 is 15.2 Å².